The third-order valence-corrected chi connectivity index (χ3v) is 4.53. The van der Waals surface area contributed by atoms with E-state index in [4.69, 9.17) is 0 Å². The number of rotatable bonds is 5. The van der Waals surface area contributed by atoms with Crippen LogP contribution in [-0.2, 0) is 24.1 Å². The summed E-state index contributed by atoms with van der Waals surface area (Å²) in [4.78, 5) is 24.7. The fourth-order valence-corrected chi connectivity index (χ4v) is 2.82. The van der Waals surface area contributed by atoms with Gasteiger partial charge in [0.2, 0.25) is 11.7 Å². The Morgan fingerprint density at radius 1 is 1.07 bits per heavy atom. The van der Waals surface area contributed by atoms with Crippen molar-refractivity contribution in [3.05, 3.63) is 81.3 Å². The van der Waals surface area contributed by atoms with Crippen molar-refractivity contribution in [1.82, 2.24) is 19.7 Å². The van der Waals surface area contributed by atoms with E-state index in [1.54, 1.807) is 0 Å². The summed E-state index contributed by atoms with van der Waals surface area (Å²) in [6, 6.07) is 9.49. The van der Waals surface area contributed by atoms with Gasteiger partial charge in [0.25, 0.3) is 0 Å². The number of amides is 1. The summed E-state index contributed by atoms with van der Waals surface area (Å²) >= 11 is 0. The number of nitrogens with one attached hydrogen (secondary N) is 1. The molecule has 0 fully saturated rings. The van der Waals surface area contributed by atoms with Crippen LogP contribution in [0.25, 0.3) is 5.69 Å². The highest BCUT2D eigenvalue weighted by Crippen LogP contribution is 2.28. The first kappa shape index (κ1) is 21.3. The number of aromatic nitrogens is 3. The predicted molar refractivity (Wildman–Crippen MR) is 101 cm³/mol. The number of alkyl halides is 3. The Balaban J connectivity index is 1.83. The minimum atomic E-state index is -4.95. The van der Waals surface area contributed by atoms with Gasteiger partial charge in [-0.05, 0) is 54.8 Å². The topological polar surface area (TPSA) is 68.9 Å². The zero-order valence-electron chi connectivity index (χ0n) is 16.1. The predicted octanol–water partition coefficient (Wildman–Crippen LogP) is 3.13. The molecule has 0 unspecified atom stereocenters. The Labute approximate surface area is 168 Å². The van der Waals surface area contributed by atoms with Crippen LogP contribution in [0.3, 0.4) is 0 Å². The van der Waals surface area contributed by atoms with E-state index in [9.17, 15) is 27.2 Å². The zero-order valence-corrected chi connectivity index (χ0v) is 16.1. The Hall–Kier alpha value is -3.43. The van der Waals surface area contributed by atoms with Gasteiger partial charge in [-0.3, -0.25) is 4.79 Å². The highest BCUT2D eigenvalue weighted by atomic mass is 19.4. The highest BCUT2D eigenvalue weighted by Gasteiger charge is 2.39. The molecular weight excluding hydrogens is 404 g/mol. The smallest absolute Gasteiger partial charge is 0.350 e. The van der Waals surface area contributed by atoms with Crippen LogP contribution in [0.5, 0.6) is 0 Å². The number of carbonyl (C=O) groups excluding carboxylic acids is 1. The van der Waals surface area contributed by atoms with Crippen molar-refractivity contribution in [1.29, 1.82) is 0 Å². The molecule has 0 aliphatic heterocycles. The minimum absolute atomic E-state index is 0.152. The summed E-state index contributed by atoms with van der Waals surface area (Å²) in [5.74, 6) is -2.84. The Bertz CT molecular complexity index is 1130. The molecule has 2 aromatic carbocycles. The average molecular weight is 422 g/mol. The third kappa shape index (κ3) is 4.58. The van der Waals surface area contributed by atoms with E-state index in [-0.39, 0.29) is 12.2 Å². The average Bonchev–Trinajstić information content (AvgIpc) is 3.00. The molecule has 158 valence electrons. The van der Waals surface area contributed by atoms with Gasteiger partial charge < -0.3 is 5.32 Å². The summed E-state index contributed by atoms with van der Waals surface area (Å²) in [5, 5.41) is 5.85. The van der Waals surface area contributed by atoms with Gasteiger partial charge in [-0.1, -0.05) is 18.2 Å². The second-order valence-corrected chi connectivity index (χ2v) is 6.77. The second kappa shape index (κ2) is 8.13. The molecule has 30 heavy (non-hydrogen) atoms. The molecule has 0 saturated heterocycles. The summed E-state index contributed by atoms with van der Waals surface area (Å²) in [6.07, 6.45) is -4.95. The lowest BCUT2D eigenvalue weighted by Crippen LogP contribution is -2.33. The van der Waals surface area contributed by atoms with Crippen molar-refractivity contribution in [2.75, 3.05) is 0 Å². The van der Waals surface area contributed by atoms with Gasteiger partial charge in [0, 0.05) is 6.54 Å². The first-order valence-corrected chi connectivity index (χ1v) is 8.92. The van der Waals surface area contributed by atoms with Crippen LogP contribution >= 0.6 is 0 Å². The number of nitrogens with zero attached hydrogens (tertiary/aromatic N) is 3. The van der Waals surface area contributed by atoms with E-state index in [1.807, 2.05) is 32.0 Å². The van der Waals surface area contributed by atoms with Crippen molar-refractivity contribution in [3.63, 3.8) is 0 Å². The molecule has 10 heteroatoms. The lowest BCUT2D eigenvalue weighted by Gasteiger charge is -2.07. The maximum Gasteiger partial charge on any atom is 0.452 e. The van der Waals surface area contributed by atoms with E-state index in [0.717, 1.165) is 41.0 Å². The maximum absolute atomic E-state index is 13.4. The number of carbonyl (C=O) groups is 1. The molecule has 6 nitrogen and oxygen atoms in total. The van der Waals surface area contributed by atoms with Crippen molar-refractivity contribution in [2.24, 2.45) is 0 Å². The number of benzene rings is 2. The van der Waals surface area contributed by atoms with Gasteiger partial charge in [-0.25, -0.2) is 18.4 Å². The van der Waals surface area contributed by atoms with Crippen LogP contribution in [0.4, 0.5) is 17.6 Å². The van der Waals surface area contributed by atoms with E-state index in [0.29, 0.717) is 9.25 Å². The van der Waals surface area contributed by atoms with Crippen molar-refractivity contribution >= 4 is 5.91 Å². The number of hydrogen-bond donors (Lipinski definition) is 1. The van der Waals surface area contributed by atoms with E-state index in [1.165, 1.54) is 0 Å². The number of halogens is 4. The van der Waals surface area contributed by atoms with Crippen LogP contribution in [0.15, 0.2) is 47.3 Å². The van der Waals surface area contributed by atoms with Gasteiger partial charge in [0.05, 0.1) is 5.69 Å². The summed E-state index contributed by atoms with van der Waals surface area (Å²) in [5.41, 5.74) is 1.56. The summed E-state index contributed by atoms with van der Waals surface area (Å²) < 4.78 is 54.0. The van der Waals surface area contributed by atoms with Crippen LogP contribution in [-0.4, -0.2) is 20.3 Å². The molecule has 0 aliphatic carbocycles. The van der Waals surface area contributed by atoms with Crippen LogP contribution in [0.2, 0.25) is 0 Å². The normalized spacial score (nSPS) is 11.5. The Morgan fingerprint density at radius 2 is 1.73 bits per heavy atom. The third-order valence-electron chi connectivity index (χ3n) is 4.53. The molecule has 1 amide bonds. The number of aryl methyl sites for hydroxylation is 2. The SMILES string of the molecule is Cc1ccc(CNC(=O)Cn2nc(C(F)(F)F)n(-c3ccc(F)cc3)c2=O)cc1C. The van der Waals surface area contributed by atoms with Crippen LogP contribution < -0.4 is 11.0 Å². The van der Waals surface area contributed by atoms with E-state index in [2.05, 4.69) is 10.4 Å². The maximum atomic E-state index is 13.4. The fraction of sp³-hybridized carbons (Fsp3) is 0.250. The molecule has 0 saturated carbocycles. The van der Waals surface area contributed by atoms with Crippen molar-refractivity contribution in [2.45, 2.75) is 33.1 Å². The number of hydrogen-bond acceptors (Lipinski definition) is 3. The van der Waals surface area contributed by atoms with E-state index < -0.39 is 36.0 Å². The summed E-state index contributed by atoms with van der Waals surface area (Å²) in [7, 11) is 0. The minimum Gasteiger partial charge on any atom is -0.350 e. The van der Waals surface area contributed by atoms with Gasteiger partial charge >= 0.3 is 11.9 Å². The monoisotopic (exact) mass is 422 g/mol. The van der Waals surface area contributed by atoms with E-state index >= 15 is 0 Å². The zero-order chi connectivity index (χ0) is 22.1. The first-order chi connectivity index (χ1) is 14.1. The van der Waals surface area contributed by atoms with Crippen molar-refractivity contribution < 1.29 is 22.4 Å². The molecule has 1 N–H and O–H groups in total. The fourth-order valence-electron chi connectivity index (χ4n) is 2.82. The lowest BCUT2D eigenvalue weighted by molar-refractivity contribution is -0.146. The molecule has 0 spiro atoms. The molecule has 3 rings (SSSR count). The Kier molecular flexibility index (Phi) is 5.77. The lowest BCUT2D eigenvalue weighted by atomic mass is 10.1. The van der Waals surface area contributed by atoms with Gasteiger partial charge in [0.15, 0.2) is 0 Å². The van der Waals surface area contributed by atoms with Crippen molar-refractivity contribution in [3.8, 4) is 5.69 Å². The Morgan fingerprint density at radius 3 is 2.33 bits per heavy atom. The summed E-state index contributed by atoms with van der Waals surface area (Å²) in [6.45, 7) is 3.32. The van der Waals surface area contributed by atoms with Gasteiger partial charge in [-0.2, -0.15) is 13.2 Å². The van der Waals surface area contributed by atoms with Crippen LogP contribution in [0, 0.1) is 19.7 Å². The largest absolute Gasteiger partial charge is 0.452 e. The quantitative estimate of drug-likeness (QED) is 0.643. The molecule has 0 aliphatic rings. The molecule has 1 heterocycles. The molecule has 1 aromatic heterocycles. The van der Waals surface area contributed by atoms with Gasteiger partial charge in [-0.15, -0.1) is 5.10 Å². The molecule has 0 bridgehead atoms. The van der Waals surface area contributed by atoms with Gasteiger partial charge in [0.1, 0.15) is 12.4 Å². The molecule has 0 radical (unpaired) electrons. The van der Waals surface area contributed by atoms with Crippen LogP contribution in [0.1, 0.15) is 22.5 Å². The first-order valence-electron chi connectivity index (χ1n) is 8.92. The second-order valence-electron chi connectivity index (χ2n) is 6.77. The molecular formula is C20H18F4N4O2. The molecule has 3 aromatic rings. The molecule has 0 atom stereocenters. The standard InChI is InChI=1S/C20H18F4N4O2/c1-12-3-4-14(9-13(12)2)10-25-17(29)11-27-19(30)28(18(26-27)20(22,23)24)16-7-5-15(21)6-8-16/h3-9H,10-11H2,1-2H3,(H,25,29). The highest BCUT2D eigenvalue weighted by molar-refractivity contribution is 5.75.